The minimum absolute atomic E-state index is 0.0143. The predicted molar refractivity (Wildman–Crippen MR) is 93.3 cm³/mol. The van der Waals surface area contributed by atoms with Gasteiger partial charge in [-0.2, -0.15) is 10.4 Å². The molecule has 1 heterocycles. The molecule has 0 saturated heterocycles. The SMILES string of the molecule is N#Cc1c(Cl)nc(N/N=C\c2ccc(Cl)c([N+](=O)[O-])c2)c(Cl)c1Cl. The van der Waals surface area contributed by atoms with Gasteiger partial charge in [-0.1, -0.05) is 52.5 Å². The number of hydrogen-bond acceptors (Lipinski definition) is 6. The number of nitro benzene ring substituents is 1. The van der Waals surface area contributed by atoms with Gasteiger partial charge in [0.15, 0.2) is 11.0 Å². The number of anilines is 1. The van der Waals surface area contributed by atoms with Crippen LogP contribution < -0.4 is 5.43 Å². The second-order valence-electron chi connectivity index (χ2n) is 4.20. The predicted octanol–water partition coefficient (Wildman–Crippen LogP) is 4.92. The lowest BCUT2D eigenvalue weighted by Crippen LogP contribution is -1.98. The molecule has 24 heavy (non-hydrogen) atoms. The number of halogens is 4. The lowest BCUT2D eigenvalue weighted by molar-refractivity contribution is -0.384. The van der Waals surface area contributed by atoms with Crippen LogP contribution >= 0.6 is 46.4 Å². The maximum absolute atomic E-state index is 10.8. The van der Waals surface area contributed by atoms with E-state index in [4.69, 9.17) is 51.7 Å². The Morgan fingerprint density at radius 3 is 2.62 bits per heavy atom. The highest BCUT2D eigenvalue weighted by Gasteiger charge is 2.16. The maximum Gasteiger partial charge on any atom is 0.288 e. The molecule has 0 radical (unpaired) electrons. The van der Waals surface area contributed by atoms with Crippen LogP contribution in [-0.2, 0) is 0 Å². The fraction of sp³-hybridized carbons (Fsp3) is 0. The van der Waals surface area contributed by atoms with Crippen LogP contribution in [0.25, 0.3) is 0 Å². The molecule has 0 aliphatic rings. The first-order chi connectivity index (χ1) is 11.3. The highest BCUT2D eigenvalue weighted by molar-refractivity contribution is 6.45. The summed E-state index contributed by atoms with van der Waals surface area (Å²) in [5.74, 6) is 0.0328. The minimum atomic E-state index is -0.605. The van der Waals surface area contributed by atoms with Crippen LogP contribution in [0.4, 0.5) is 11.5 Å². The summed E-state index contributed by atoms with van der Waals surface area (Å²) in [5, 5.41) is 23.4. The van der Waals surface area contributed by atoms with E-state index in [9.17, 15) is 10.1 Å². The average Bonchev–Trinajstić information content (AvgIpc) is 2.53. The van der Waals surface area contributed by atoms with Crippen molar-refractivity contribution in [3.63, 3.8) is 0 Å². The van der Waals surface area contributed by atoms with E-state index in [1.165, 1.54) is 24.4 Å². The van der Waals surface area contributed by atoms with Crippen LogP contribution in [0.1, 0.15) is 11.1 Å². The van der Waals surface area contributed by atoms with Crippen LogP contribution in [0, 0.1) is 21.4 Å². The molecule has 1 aromatic heterocycles. The van der Waals surface area contributed by atoms with Crippen LogP contribution in [-0.4, -0.2) is 16.1 Å². The molecular weight excluding hydrogens is 400 g/mol. The van der Waals surface area contributed by atoms with Gasteiger partial charge in [0, 0.05) is 11.6 Å². The van der Waals surface area contributed by atoms with Gasteiger partial charge < -0.3 is 0 Å². The van der Waals surface area contributed by atoms with Gasteiger partial charge in [-0.15, -0.1) is 0 Å². The monoisotopic (exact) mass is 403 g/mol. The van der Waals surface area contributed by atoms with E-state index in [0.717, 1.165) is 0 Å². The Labute approximate surface area is 155 Å². The molecule has 122 valence electrons. The third-order valence-electron chi connectivity index (χ3n) is 2.70. The van der Waals surface area contributed by atoms with Gasteiger partial charge in [0.05, 0.1) is 16.2 Å². The summed E-state index contributed by atoms with van der Waals surface area (Å²) in [5.41, 5.74) is 2.62. The molecule has 1 N–H and O–H groups in total. The summed E-state index contributed by atoms with van der Waals surface area (Å²) in [6.45, 7) is 0. The van der Waals surface area contributed by atoms with E-state index in [-0.39, 0.29) is 37.3 Å². The first kappa shape index (κ1) is 18.2. The summed E-state index contributed by atoms with van der Waals surface area (Å²) in [6.07, 6.45) is 1.29. The number of aromatic nitrogens is 1. The lowest BCUT2D eigenvalue weighted by Gasteiger charge is -2.06. The van der Waals surface area contributed by atoms with Crippen LogP contribution in [0.2, 0.25) is 20.2 Å². The van der Waals surface area contributed by atoms with Crippen molar-refractivity contribution in [2.45, 2.75) is 0 Å². The zero-order valence-corrected chi connectivity index (χ0v) is 14.5. The van der Waals surface area contributed by atoms with E-state index >= 15 is 0 Å². The standard InChI is InChI=1S/C13H5Cl4N5O2/c14-8-2-1-6(3-9(8)22(23)24)5-19-21-13-11(16)10(15)7(4-18)12(17)20-13/h1-3,5H,(H,20,21)/b19-5-. The molecule has 7 nitrogen and oxygen atoms in total. The van der Waals surface area contributed by atoms with Crippen LogP contribution in [0.5, 0.6) is 0 Å². The Bertz CT molecular complexity index is 895. The first-order valence-electron chi connectivity index (χ1n) is 6.02. The molecule has 0 fully saturated rings. The molecule has 1 aromatic carbocycles. The van der Waals surface area contributed by atoms with Gasteiger partial charge in [0.1, 0.15) is 21.7 Å². The number of hydrogen-bond donors (Lipinski definition) is 1. The number of nitro groups is 1. The molecule has 0 unspecified atom stereocenters. The molecule has 0 aliphatic heterocycles. The summed E-state index contributed by atoms with van der Waals surface area (Å²) in [6, 6.07) is 5.95. The summed E-state index contributed by atoms with van der Waals surface area (Å²) in [7, 11) is 0. The second-order valence-corrected chi connectivity index (χ2v) is 5.73. The number of nitrogens with one attached hydrogen (secondary N) is 1. The Morgan fingerprint density at radius 1 is 1.29 bits per heavy atom. The third kappa shape index (κ3) is 3.86. The largest absolute Gasteiger partial charge is 0.288 e. The van der Waals surface area contributed by atoms with Gasteiger partial charge in [0.25, 0.3) is 5.69 Å². The maximum atomic E-state index is 10.8. The van der Waals surface area contributed by atoms with Crippen LogP contribution in [0.15, 0.2) is 23.3 Å². The number of pyridine rings is 1. The number of nitrogens with zero attached hydrogens (tertiary/aromatic N) is 4. The van der Waals surface area contributed by atoms with Crippen molar-refractivity contribution in [2.75, 3.05) is 5.43 Å². The smallest absolute Gasteiger partial charge is 0.260 e. The topological polar surface area (TPSA) is 104 Å². The molecule has 0 saturated carbocycles. The van der Waals surface area contributed by atoms with Gasteiger partial charge in [-0.25, -0.2) is 4.98 Å². The average molecular weight is 405 g/mol. The number of nitriles is 1. The molecule has 2 aromatic rings. The number of rotatable bonds is 4. The highest BCUT2D eigenvalue weighted by atomic mass is 35.5. The Kier molecular flexibility index (Phi) is 5.80. The second kappa shape index (κ2) is 7.64. The normalized spacial score (nSPS) is 10.6. The minimum Gasteiger partial charge on any atom is -0.260 e. The van der Waals surface area contributed by atoms with E-state index in [1.54, 1.807) is 6.07 Å². The van der Waals surface area contributed by atoms with Crippen molar-refractivity contribution < 1.29 is 4.92 Å². The van der Waals surface area contributed by atoms with Crippen molar-refractivity contribution in [3.05, 3.63) is 59.7 Å². The summed E-state index contributed by atoms with van der Waals surface area (Å²) < 4.78 is 0. The fourth-order valence-corrected chi connectivity index (χ4v) is 2.45. The van der Waals surface area contributed by atoms with E-state index in [0.29, 0.717) is 5.56 Å². The van der Waals surface area contributed by atoms with Gasteiger partial charge in [-0.05, 0) is 6.07 Å². The highest BCUT2D eigenvalue weighted by Crippen LogP contribution is 2.34. The van der Waals surface area contributed by atoms with Gasteiger partial charge in [-0.3, -0.25) is 15.5 Å². The van der Waals surface area contributed by atoms with Crippen molar-refractivity contribution in [2.24, 2.45) is 5.10 Å². The Morgan fingerprint density at radius 2 is 2.00 bits per heavy atom. The quantitative estimate of drug-likeness (QED) is 0.337. The van der Waals surface area contributed by atoms with Crippen LogP contribution in [0.3, 0.4) is 0 Å². The van der Waals surface area contributed by atoms with E-state index in [1.807, 2.05) is 0 Å². The molecule has 0 atom stereocenters. The number of benzene rings is 1. The molecule has 0 spiro atoms. The molecule has 0 aliphatic carbocycles. The first-order valence-corrected chi connectivity index (χ1v) is 7.54. The zero-order valence-electron chi connectivity index (χ0n) is 11.4. The zero-order chi connectivity index (χ0) is 17.9. The third-order valence-corrected chi connectivity index (χ3v) is 4.13. The Hall–Kier alpha value is -2.11. The molecular formula is C13H5Cl4N5O2. The molecule has 0 amide bonds. The lowest BCUT2D eigenvalue weighted by atomic mass is 10.2. The van der Waals surface area contributed by atoms with Gasteiger partial charge in [0.2, 0.25) is 0 Å². The van der Waals surface area contributed by atoms with Gasteiger partial charge >= 0.3 is 0 Å². The van der Waals surface area contributed by atoms with Crippen molar-refractivity contribution >= 4 is 64.1 Å². The van der Waals surface area contributed by atoms with Crippen molar-refractivity contribution in [3.8, 4) is 6.07 Å². The summed E-state index contributed by atoms with van der Waals surface area (Å²) >= 11 is 23.4. The van der Waals surface area contributed by atoms with E-state index in [2.05, 4.69) is 15.5 Å². The van der Waals surface area contributed by atoms with E-state index < -0.39 is 4.92 Å². The molecule has 0 bridgehead atoms. The molecule has 11 heteroatoms. The Balaban J connectivity index is 2.26. The number of hydrazone groups is 1. The summed E-state index contributed by atoms with van der Waals surface area (Å²) in [4.78, 5) is 14.1. The molecule has 2 rings (SSSR count). The van der Waals surface area contributed by atoms with Crippen molar-refractivity contribution in [1.29, 1.82) is 5.26 Å². The fourth-order valence-electron chi connectivity index (χ4n) is 1.59. The van der Waals surface area contributed by atoms with Crippen molar-refractivity contribution in [1.82, 2.24) is 4.98 Å².